The molecule has 4 rings (SSSR count). The second kappa shape index (κ2) is 18.6. The molecule has 0 spiro atoms. The molecule has 2 aliphatic rings. The number of hydrogen-bond donors (Lipinski definition) is 0. The maximum absolute atomic E-state index is 14.5. The molecular weight excluding hydrogens is 722 g/mol. The fourth-order valence-electron chi connectivity index (χ4n) is 7.67. The number of carbonyl (C=O) groups is 5. The van der Waals surface area contributed by atoms with E-state index in [0.717, 1.165) is 4.57 Å². The molecule has 14 heteroatoms. The fourth-order valence-corrected chi connectivity index (χ4v) is 7.67. The maximum Gasteiger partial charge on any atom is 0.420 e. The lowest BCUT2D eigenvalue weighted by Crippen LogP contribution is -2.60. The molecule has 0 amide bonds. The minimum absolute atomic E-state index is 0.0512. The van der Waals surface area contributed by atoms with E-state index < -0.39 is 77.4 Å². The Morgan fingerprint density at radius 1 is 1.11 bits per heavy atom. The van der Waals surface area contributed by atoms with Crippen LogP contribution in [0, 0.1) is 17.8 Å². The van der Waals surface area contributed by atoms with Crippen molar-refractivity contribution in [2.45, 2.75) is 116 Å². The molecule has 1 fully saturated rings. The van der Waals surface area contributed by atoms with Crippen molar-refractivity contribution in [1.82, 2.24) is 14.5 Å². The van der Waals surface area contributed by atoms with Gasteiger partial charge in [-0.3, -0.25) is 14.4 Å². The Kier molecular flexibility index (Phi) is 14.7. The summed E-state index contributed by atoms with van der Waals surface area (Å²) in [6.07, 6.45) is 1.86. The third-order valence-corrected chi connectivity index (χ3v) is 11.0. The number of ketones is 2. The van der Waals surface area contributed by atoms with Crippen molar-refractivity contribution in [2.24, 2.45) is 17.8 Å². The third-order valence-electron chi connectivity index (χ3n) is 11.0. The molecule has 306 valence electrons. The van der Waals surface area contributed by atoms with Gasteiger partial charge in [-0.15, -0.1) is 0 Å². The van der Waals surface area contributed by atoms with Crippen molar-refractivity contribution in [1.29, 1.82) is 0 Å². The lowest BCUT2D eigenvalue weighted by atomic mass is 9.76. The smallest absolute Gasteiger partial charge is 0.420 e. The van der Waals surface area contributed by atoms with E-state index in [2.05, 4.69) is 11.6 Å². The quantitative estimate of drug-likeness (QED) is 0.134. The number of aromatic nitrogens is 2. The summed E-state index contributed by atoms with van der Waals surface area (Å²) in [4.78, 5) is 75.2. The number of cyclic esters (lactones) is 1. The number of likely N-dealkylation sites (N-methyl/N-ethyl adjacent to an activating group) is 1. The van der Waals surface area contributed by atoms with Crippen LogP contribution in [0.15, 0.2) is 73.4 Å². The van der Waals surface area contributed by atoms with E-state index in [-0.39, 0.29) is 36.3 Å². The molecule has 14 nitrogen and oxygen atoms in total. The number of Topliss-reactive ketones (excluding diaryl/α,β-unsaturated/α-hetero) is 2. The zero-order chi connectivity index (χ0) is 41.5. The Balaban J connectivity index is 1.80. The van der Waals surface area contributed by atoms with Gasteiger partial charge in [-0.2, -0.15) is 0 Å². The van der Waals surface area contributed by atoms with Crippen LogP contribution in [0.25, 0.3) is 0 Å². The number of esters is 2. The number of ether oxygens (including phenoxy) is 6. The summed E-state index contributed by atoms with van der Waals surface area (Å²) < 4.78 is 38.5. The molecule has 0 N–H and O–H groups in total. The molecule has 1 unspecified atom stereocenters. The highest BCUT2D eigenvalue weighted by Gasteiger charge is 2.51. The molecule has 2 aliphatic heterocycles. The minimum atomic E-state index is -1.80. The van der Waals surface area contributed by atoms with Gasteiger partial charge < -0.3 is 33.3 Å². The monoisotopic (exact) mass is 779 g/mol. The number of hydrogen-bond acceptors (Lipinski definition) is 13. The van der Waals surface area contributed by atoms with Crippen molar-refractivity contribution in [2.75, 3.05) is 21.2 Å². The van der Waals surface area contributed by atoms with Gasteiger partial charge in [-0.1, -0.05) is 45.5 Å². The minimum Gasteiger partial charge on any atom is -0.457 e. The molecule has 11 atom stereocenters. The van der Waals surface area contributed by atoms with E-state index in [1.54, 1.807) is 65.0 Å². The maximum atomic E-state index is 14.5. The summed E-state index contributed by atoms with van der Waals surface area (Å²) in [5, 5.41) is 0. The Labute approximate surface area is 329 Å². The van der Waals surface area contributed by atoms with Crippen molar-refractivity contribution in [3.05, 3.63) is 78.9 Å². The molecule has 2 aromatic rings. The summed E-state index contributed by atoms with van der Waals surface area (Å²) in [6, 6.07) is 8.23. The van der Waals surface area contributed by atoms with Crippen molar-refractivity contribution >= 4 is 29.6 Å². The van der Waals surface area contributed by atoms with Crippen LogP contribution in [-0.2, 0) is 42.8 Å². The Morgan fingerprint density at radius 2 is 1.79 bits per heavy atom. The predicted molar refractivity (Wildman–Crippen MR) is 205 cm³/mol. The van der Waals surface area contributed by atoms with Crippen molar-refractivity contribution in [3.63, 3.8) is 0 Å². The molecule has 1 saturated heterocycles. The van der Waals surface area contributed by atoms with Gasteiger partial charge in [-0.25, -0.2) is 19.1 Å². The molecule has 0 aliphatic carbocycles. The number of carbonyl (C=O) groups excluding carboxylic acids is 5. The van der Waals surface area contributed by atoms with Crippen LogP contribution < -0.4 is 0 Å². The lowest BCUT2D eigenvalue weighted by Gasteiger charge is -2.47. The highest BCUT2D eigenvalue weighted by Crippen LogP contribution is 2.38. The van der Waals surface area contributed by atoms with E-state index in [1.807, 2.05) is 25.9 Å². The van der Waals surface area contributed by atoms with Gasteiger partial charge in [0.2, 0.25) is 0 Å². The standard InChI is InChI=1S/C42H57N3O11/c1-12-32-42(13-2,56-40(50)45-20-19-43-24-45)23-26(4)33(46)25(3)22-41(8,51-11)36(28(6)34(47)29(7)37(48)53-32)55-39-35(31(44(9)10)21-27(5)52-39)54-38(49)30-17-15-14-16-18-30/h13-20,23-25,27-29,31-32,35-36,39H,2,12,21-22H2,1,3-11H3/t25-,27-,28+,29-,31+,32-,35-,36-,39?,41+,42+/m1/s1. The van der Waals surface area contributed by atoms with Gasteiger partial charge in [0.05, 0.1) is 29.4 Å². The second-order valence-electron chi connectivity index (χ2n) is 15.3. The van der Waals surface area contributed by atoms with Crippen LogP contribution >= 0.6 is 0 Å². The van der Waals surface area contributed by atoms with Crippen molar-refractivity contribution < 1.29 is 52.4 Å². The van der Waals surface area contributed by atoms with Crippen LogP contribution in [0.5, 0.6) is 0 Å². The topological polar surface area (TPSA) is 162 Å². The summed E-state index contributed by atoms with van der Waals surface area (Å²) in [5.41, 5.74) is -2.60. The number of methoxy groups -OCH3 is 1. The highest BCUT2D eigenvalue weighted by atomic mass is 16.7. The number of nitrogens with zero attached hydrogens (tertiary/aromatic N) is 3. The van der Waals surface area contributed by atoms with E-state index >= 15 is 0 Å². The summed E-state index contributed by atoms with van der Waals surface area (Å²) in [6.45, 7) is 15.6. The number of rotatable bonds is 9. The van der Waals surface area contributed by atoms with Gasteiger partial charge >= 0.3 is 18.0 Å². The van der Waals surface area contributed by atoms with Crippen LogP contribution in [0.1, 0.15) is 78.1 Å². The largest absolute Gasteiger partial charge is 0.457 e. The Morgan fingerprint density at radius 3 is 2.36 bits per heavy atom. The zero-order valence-corrected chi connectivity index (χ0v) is 34.1. The van der Waals surface area contributed by atoms with Gasteiger partial charge in [0, 0.05) is 31.3 Å². The first-order valence-corrected chi connectivity index (χ1v) is 19.0. The fraction of sp³-hybridized carbons (Fsp3) is 0.571. The normalized spacial score (nSPS) is 33.5. The first kappa shape index (κ1) is 44.2. The van der Waals surface area contributed by atoms with E-state index in [9.17, 15) is 24.0 Å². The average molecular weight is 780 g/mol. The van der Waals surface area contributed by atoms with Crippen LogP contribution in [0.4, 0.5) is 4.79 Å². The molecule has 0 bridgehead atoms. The second-order valence-corrected chi connectivity index (χ2v) is 15.3. The molecule has 3 heterocycles. The average Bonchev–Trinajstić information content (AvgIpc) is 3.73. The first-order chi connectivity index (χ1) is 26.4. The molecule has 1 aromatic heterocycles. The Hall–Kier alpha value is -4.50. The van der Waals surface area contributed by atoms with E-state index in [4.69, 9.17) is 28.4 Å². The highest BCUT2D eigenvalue weighted by molar-refractivity contribution is 6.00. The first-order valence-electron chi connectivity index (χ1n) is 19.0. The zero-order valence-electron chi connectivity index (χ0n) is 34.1. The molecular formula is C42H57N3O11. The summed E-state index contributed by atoms with van der Waals surface area (Å²) >= 11 is 0. The third kappa shape index (κ3) is 9.71. The molecule has 1 aromatic carbocycles. The molecule has 0 saturated carbocycles. The van der Waals surface area contributed by atoms with Crippen LogP contribution in [0.2, 0.25) is 0 Å². The van der Waals surface area contributed by atoms with Gasteiger partial charge in [0.15, 0.2) is 29.6 Å². The number of imidazole rings is 1. The lowest BCUT2D eigenvalue weighted by molar-refractivity contribution is -0.294. The summed E-state index contributed by atoms with van der Waals surface area (Å²) in [7, 11) is 5.20. The SMILES string of the molecule is C=C[C@]1(OC(=O)n2ccnc2)C=C(C)C(=O)[C@H](C)C[C@](C)(OC)[C@H](OC2O[C@H](C)C[C@H](N(C)C)[C@H]2OC(=O)c2ccccc2)[C@@H](C)C(=O)[C@@H](C)C(=O)O[C@@H]1CC. The molecule has 56 heavy (non-hydrogen) atoms. The summed E-state index contributed by atoms with van der Waals surface area (Å²) in [5.74, 6) is -5.42. The van der Waals surface area contributed by atoms with E-state index in [1.165, 1.54) is 44.9 Å². The van der Waals surface area contributed by atoms with Gasteiger partial charge in [0.1, 0.15) is 18.3 Å². The van der Waals surface area contributed by atoms with Crippen LogP contribution in [-0.4, -0.2) is 113 Å². The van der Waals surface area contributed by atoms with Crippen LogP contribution in [0.3, 0.4) is 0 Å². The Bertz CT molecular complexity index is 1740. The predicted octanol–water partition coefficient (Wildman–Crippen LogP) is 5.59. The number of benzene rings is 1. The van der Waals surface area contributed by atoms with E-state index in [0.29, 0.717) is 12.0 Å². The molecule has 0 radical (unpaired) electrons. The van der Waals surface area contributed by atoms with Gasteiger partial charge in [-0.05, 0) is 90.9 Å². The van der Waals surface area contributed by atoms with Gasteiger partial charge in [0.25, 0.3) is 0 Å². The number of allylic oxidation sites excluding steroid dienone is 1. The van der Waals surface area contributed by atoms with Crippen molar-refractivity contribution in [3.8, 4) is 0 Å².